The molecular formula is C12H10F4N4. The minimum absolute atomic E-state index is 0.00116. The summed E-state index contributed by atoms with van der Waals surface area (Å²) in [6.45, 7) is 2.41. The number of benzene rings is 1. The number of rotatable bonds is 4. The fraction of sp³-hybridized carbons (Fsp3) is 0.167. The molecule has 0 saturated carbocycles. The minimum Gasteiger partial charge on any atom is -0.370 e. The Balaban J connectivity index is 2.37. The van der Waals surface area contributed by atoms with Crippen LogP contribution in [0.2, 0.25) is 0 Å². The van der Waals surface area contributed by atoms with Gasteiger partial charge in [0.25, 0.3) is 0 Å². The van der Waals surface area contributed by atoms with E-state index >= 15 is 0 Å². The largest absolute Gasteiger partial charge is 0.370 e. The van der Waals surface area contributed by atoms with Gasteiger partial charge in [0.15, 0.2) is 23.3 Å². The Hall–Kier alpha value is -2.38. The predicted octanol–water partition coefficient (Wildman–Crippen LogP) is 3.21. The maximum atomic E-state index is 13.5. The molecule has 1 aromatic carbocycles. The molecule has 1 aromatic heterocycles. The van der Waals surface area contributed by atoms with Crippen molar-refractivity contribution in [2.75, 3.05) is 17.2 Å². The van der Waals surface area contributed by atoms with Crippen molar-refractivity contribution >= 4 is 17.3 Å². The highest BCUT2D eigenvalue weighted by atomic mass is 19.2. The van der Waals surface area contributed by atoms with E-state index in [1.165, 1.54) is 6.07 Å². The summed E-state index contributed by atoms with van der Waals surface area (Å²) in [5, 5.41) is 5.06. The van der Waals surface area contributed by atoms with Gasteiger partial charge in [0, 0.05) is 18.7 Å². The molecule has 0 aliphatic carbocycles. The highest BCUT2D eigenvalue weighted by molar-refractivity contribution is 5.60. The van der Waals surface area contributed by atoms with Crippen LogP contribution in [0.15, 0.2) is 18.5 Å². The first-order valence-corrected chi connectivity index (χ1v) is 5.68. The quantitative estimate of drug-likeness (QED) is 0.669. The van der Waals surface area contributed by atoms with Gasteiger partial charge in [-0.05, 0) is 6.92 Å². The fourth-order valence-corrected chi connectivity index (χ4v) is 1.51. The molecule has 0 radical (unpaired) electrons. The van der Waals surface area contributed by atoms with Crippen molar-refractivity contribution in [1.29, 1.82) is 0 Å². The van der Waals surface area contributed by atoms with Gasteiger partial charge in [0.05, 0.1) is 0 Å². The minimum atomic E-state index is -1.52. The first kappa shape index (κ1) is 14.0. The van der Waals surface area contributed by atoms with E-state index in [0.29, 0.717) is 12.4 Å². The third-order valence-corrected chi connectivity index (χ3v) is 2.39. The summed E-state index contributed by atoms with van der Waals surface area (Å²) in [6.07, 6.45) is 1.14. The van der Waals surface area contributed by atoms with Crippen LogP contribution >= 0.6 is 0 Å². The molecule has 106 valence electrons. The lowest BCUT2D eigenvalue weighted by Gasteiger charge is -2.10. The van der Waals surface area contributed by atoms with Gasteiger partial charge in [-0.3, -0.25) is 0 Å². The Morgan fingerprint density at radius 3 is 2.15 bits per heavy atom. The SMILES string of the molecule is CCNc1cc(Nc2c(F)c(F)cc(F)c2F)ncn1. The lowest BCUT2D eigenvalue weighted by molar-refractivity contribution is 0.459. The summed E-state index contributed by atoms with van der Waals surface area (Å²) in [7, 11) is 0. The van der Waals surface area contributed by atoms with Crippen LogP contribution in [-0.4, -0.2) is 16.5 Å². The Morgan fingerprint density at radius 2 is 1.55 bits per heavy atom. The van der Waals surface area contributed by atoms with Crippen LogP contribution in [0.3, 0.4) is 0 Å². The highest BCUT2D eigenvalue weighted by Crippen LogP contribution is 2.27. The van der Waals surface area contributed by atoms with Gasteiger partial charge in [-0.2, -0.15) is 0 Å². The first-order valence-electron chi connectivity index (χ1n) is 5.68. The van der Waals surface area contributed by atoms with E-state index in [1.54, 1.807) is 0 Å². The molecule has 0 unspecified atom stereocenters. The summed E-state index contributed by atoms with van der Waals surface area (Å²) in [6, 6.07) is 1.49. The zero-order valence-electron chi connectivity index (χ0n) is 10.3. The van der Waals surface area contributed by atoms with Crippen molar-refractivity contribution in [2.24, 2.45) is 0 Å². The van der Waals surface area contributed by atoms with Gasteiger partial charge < -0.3 is 10.6 Å². The number of nitrogens with one attached hydrogen (secondary N) is 2. The summed E-state index contributed by atoms with van der Waals surface area (Å²) in [4.78, 5) is 7.57. The molecule has 20 heavy (non-hydrogen) atoms. The van der Waals surface area contributed by atoms with Gasteiger partial charge in [-0.15, -0.1) is 0 Å². The topological polar surface area (TPSA) is 49.8 Å². The van der Waals surface area contributed by atoms with Crippen LogP contribution in [0.1, 0.15) is 6.92 Å². The lowest BCUT2D eigenvalue weighted by Crippen LogP contribution is -2.05. The summed E-state index contributed by atoms with van der Waals surface area (Å²) in [5.74, 6) is -5.62. The summed E-state index contributed by atoms with van der Waals surface area (Å²) in [5.41, 5.74) is -0.941. The first-order chi connectivity index (χ1) is 9.52. The van der Waals surface area contributed by atoms with Gasteiger partial charge in [-0.1, -0.05) is 0 Å². The number of nitrogens with zero attached hydrogens (tertiary/aromatic N) is 2. The van der Waals surface area contributed by atoms with Crippen molar-refractivity contribution in [3.8, 4) is 0 Å². The molecule has 0 bridgehead atoms. The molecule has 0 fully saturated rings. The third kappa shape index (κ3) is 2.79. The van der Waals surface area contributed by atoms with Gasteiger partial charge in [-0.25, -0.2) is 27.5 Å². The van der Waals surface area contributed by atoms with E-state index in [0.717, 1.165) is 6.33 Å². The van der Waals surface area contributed by atoms with Crippen molar-refractivity contribution < 1.29 is 17.6 Å². The van der Waals surface area contributed by atoms with Crippen LogP contribution in [0.5, 0.6) is 0 Å². The molecule has 4 nitrogen and oxygen atoms in total. The predicted molar refractivity (Wildman–Crippen MR) is 65.8 cm³/mol. The molecule has 1 heterocycles. The van der Waals surface area contributed by atoms with Gasteiger partial charge >= 0.3 is 0 Å². The van der Waals surface area contributed by atoms with Crippen molar-refractivity contribution in [3.05, 3.63) is 41.7 Å². The van der Waals surface area contributed by atoms with Gasteiger partial charge in [0.1, 0.15) is 23.7 Å². The summed E-state index contributed by atoms with van der Waals surface area (Å²) < 4.78 is 53.1. The summed E-state index contributed by atoms with van der Waals surface area (Å²) >= 11 is 0. The van der Waals surface area contributed by atoms with Crippen molar-refractivity contribution in [2.45, 2.75) is 6.92 Å². The number of anilines is 3. The zero-order valence-corrected chi connectivity index (χ0v) is 10.3. The van der Waals surface area contributed by atoms with E-state index in [2.05, 4.69) is 20.6 Å². The molecule has 2 N–H and O–H groups in total. The number of aromatic nitrogens is 2. The molecule has 0 amide bonds. The number of halogens is 4. The molecule has 0 spiro atoms. The van der Waals surface area contributed by atoms with Crippen LogP contribution in [-0.2, 0) is 0 Å². The normalized spacial score (nSPS) is 10.4. The van der Waals surface area contributed by atoms with E-state index in [9.17, 15) is 17.6 Å². The number of hydrogen-bond acceptors (Lipinski definition) is 4. The van der Waals surface area contributed by atoms with Crippen LogP contribution in [0.4, 0.5) is 34.9 Å². The van der Waals surface area contributed by atoms with Crippen LogP contribution < -0.4 is 10.6 Å². The smallest absolute Gasteiger partial charge is 0.185 e. The molecule has 0 aliphatic heterocycles. The van der Waals surface area contributed by atoms with Gasteiger partial charge in [0.2, 0.25) is 0 Å². The number of hydrogen-bond donors (Lipinski definition) is 2. The van der Waals surface area contributed by atoms with Crippen LogP contribution in [0.25, 0.3) is 0 Å². The molecule has 2 rings (SSSR count). The van der Waals surface area contributed by atoms with Crippen LogP contribution in [0, 0.1) is 23.3 Å². The van der Waals surface area contributed by atoms with Crippen molar-refractivity contribution in [1.82, 2.24) is 9.97 Å². The third-order valence-electron chi connectivity index (χ3n) is 2.39. The zero-order chi connectivity index (χ0) is 14.7. The van der Waals surface area contributed by atoms with E-state index in [1.807, 2.05) is 6.92 Å². The molecular weight excluding hydrogens is 276 g/mol. The Kier molecular flexibility index (Phi) is 4.02. The second kappa shape index (κ2) is 5.72. The average molecular weight is 286 g/mol. The monoisotopic (exact) mass is 286 g/mol. The lowest BCUT2D eigenvalue weighted by atomic mass is 10.2. The molecule has 2 aromatic rings. The standard InChI is InChI=1S/C12H10F4N4/c1-2-17-8-4-9(19-5-18-8)20-12-10(15)6(13)3-7(14)11(12)16/h3-5H,2H2,1H3,(H2,17,18,19,20). The molecule has 0 aliphatic rings. The highest BCUT2D eigenvalue weighted by Gasteiger charge is 2.19. The fourth-order valence-electron chi connectivity index (χ4n) is 1.51. The molecule has 0 saturated heterocycles. The van der Waals surface area contributed by atoms with E-state index < -0.39 is 29.0 Å². The Labute approximate surface area is 111 Å². The Morgan fingerprint density at radius 1 is 0.950 bits per heavy atom. The van der Waals surface area contributed by atoms with E-state index in [4.69, 9.17) is 0 Å². The second-order valence-electron chi connectivity index (χ2n) is 3.79. The second-order valence-corrected chi connectivity index (χ2v) is 3.79. The maximum Gasteiger partial charge on any atom is 0.185 e. The molecule has 0 atom stereocenters. The maximum absolute atomic E-state index is 13.5. The molecule has 8 heteroatoms. The van der Waals surface area contributed by atoms with E-state index in [-0.39, 0.29) is 11.9 Å². The Bertz CT molecular complexity index is 607. The average Bonchev–Trinajstić information content (AvgIpc) is 2.42. The van der Waals surface area contributed by atoms with Crippen molar-refractivity contribution in [3.63, 3.8) is 0 Å².